The lowest BCUT2D eigenvalue weighted by atomic mass is 10.0. The summed E-state index contributed by atoms with van der Waals surface area (Å²) in [7, 11) is 0. The highest BCUT2D eigenvalue weighted by molar-refractivity contribution is 6.14. The van der Waals surface area contributed by atoms with Crippen molar-refractivity contribution in [1.29, 1.82) is 0 Å². The minimum Gasteiger partial charge on any atom is -0.389 e. The molecule has 0 unspecified atom stereocenters. The van der Waals surface area contributed by atoms with Crippen LogP contribution in [-0.4, -0.2) is 17.2 Å². The first-order valence-corrected chi connectivity index (χ1v) is 7.14. The Hall–Kier alpha value is -1.77. The average molecular weight is 257 g/mol. The van der Waals surface area contributed by atoms with E-state index >= 15 is 0 Å². The van der Waals surface area contributed by atoms with Crippen LogP contribution in [0.15, 0.2) is 46.4 Å². The molecule has 2 heterocycles. The molecular formula is C16H23N3. The molecule has 2 rings (SSSR count). The molecule has 0 aromatic carbocycles. The van der Waals surface area contributed by atoms with Gasteiger partial charge >= 0.3 is 0 Å². The van der Waals surface area contributed by atoms with Gasteiger partial charge in [-0.2, -0.15) is 0 Å². The molecule has 0 saturated carbocycles. The lowest BCUT2D eigenvalue weighted by Gasteiger charge is -2.03. The minimum atomic E-state index is 1.01. The van der Waals surface area contributed by atoms with Gasteiger partial charge in [-0.15, -0.1) is 0 Å². The summed E-state index contributed by atoms with van der Waals surface area (Å²) in [5.74, 6) is 0. The molecule has 1 aromatic heterocycles. The predicted molar refractivity (Wildman–Crippen MR) is 81.3 cm³/mol. The summed E-state index contributed by atoms with van der Waals surface area (Å²) in [6.45, 7) is 7.56. The summed E-state index contributed by atoms with van der Waals surface area (Å²) < 4.78 is 0. The van der Waals surface area contributed by atoms with Crippen LogP contribution in [0.3, 0.4) is 0 Å². The van der Waals surface area contributed by atoms with E-state index < -0.39 is 0 Å². The molecule has 3 heteroatoms. The Morgan fingerprint density at radius 1 is 1.37 bits per heavy atom. The molecule has 0 fully saturated rings. The number of H-pyrrole nitrogens is 1. The van der Waals surface area contributed by atoms with Crippen molar-refractivity contribution in [3.63, 3.8) is 0 Å². The van der Waals surface area contributed by atoms with E-state index in [-0.39, 0.29) is 0 Å². The maximum Gasteiger partial charge on any atom is 0.0907 e. The van der Waals surface area contributed by atoms with E-state index in [1.165, 1.54) is 24.0 Å². The maximum absolute atomic E-state index is 4.77. The molecule has 0 spiro atoms. The van der Waals surface area contributed by atoms with Gasteiger partial charge in [0.1, 0.15) is 0 Å². The van der Waals surface area contributed by atoms with Crippen LogP contribution in [0.2, 0.25) is 0 Å². The number of nitrogens with one attached hydrogen (secondary N) is 2. The molecular weight excluding hydrogens is 234 g/mol. The summed E-state index contributed by atoms with van der Waals surface area (Å²) >= 11 is 0. The SMILES string of the molecule is CCCCN/C=C1/N=C(c2ccc[nH]2)C(CC)=C1C. The Morgan fingerprint density at radius 3 is 2.84 bits per heavy atom. The Balaban J connectivity index is 2.20. The summed E-state index contributed by atoms with van der Waals surface area (Å²) in [5, 5.41) is 3.36. The number of aliphatic imine (C=N–C) groups is 1. The highest BCUT2D eigenvalue weighted by Crippen LogP contribution is 2.29. The molecule has 0 amide bonds. The largest absolute Gasteiger partial charge is 0.389 e. The van der Waals surface area contributed by atoms with Crippen LogP contribution in [0.1, 0.15) is 45.7 Å². The van der Waals surface area contributed by atoms with Gasteiger partial charge in [0.05, 0.1) is 17.1 Å². The third kappa shape index (κ3) is 2.98. The van der Waals surface area contributed by atoms with E-state index in [0.717, 1.165) is 30.1 Å². The second-order valence-electron chi connectivity index (χ2n) is 4.84. The second-order valence-corrected chi connectivity index (χ2v) is 4.84. The highest BCUT2D eigenvalue weighted by atomic mass is 14.9. The zero-order chi connectivity index (χ0) is 13.7. The number of hydrogen-bond acceptors (Lipinski definition) is 2. The highest BCUT2D eigenvalue weighted by Gasteiger charge is 2.20. The number of aromatic amines is 1. The normalized spacial score (nSPS) is 17.2. The summed E-state index contributed by atoms with van der Waals surface area (Å²) in [5.41, 5.74) is 5.89. The molecule has 0 radical (unpaired) electrons. The van der Waals surface area contributed by atoms with E-state index in [0.29, 0.717) is 0 Å². The van der Waals surface area contributed by atoms with Gasteiger partial charge in [0.25, 0.3) is 0 Å². The van der Waals surface area contributed by atoms with Gasteiger partial charge in [-0.25, -0.2) is 4.99 Å². The quantitative estimate of drug-likeness (QED) is 0.748. The average Bonchev–Trinajstić information content (AvgIpc) is 3.03. The third-order valence-electron chi connectivity index (χ3n) is 3.48. The molecule has 2 N–H and O–H groups in total. The van der Waals surface area contributed by atoms with Crippen molar-refractivity contribution >= 4 is 5.71 Å². The number of nitrogens with zero attached hydrogens (tertiary/aromatic N) is 1. The van der Waals surface area contributed by atoms with Gasteiger partial charge in [-0.3, -0.25) is 0 Å². The smallest absolute Gasteiger partial charge is 0.0907 e. The molecule has 102 valence electrons. The van der Waals surface area contributed by atoms with Crippen molar-refractivity contribution in [2.45, 2.75) is 40.0 Å². The van der Waals surface area contributed by atoms with E-state index in [9.17, 15) is 0 Å². The first-order valence-electron chi connectivity index (χ1n) is 7.14. The third-order valence-corrected chi connectivity index (χ3v) is 3.48. The fourth-order valence-electron chi connectivity index (χ4n) is 2.33. The van der Waals surface area contributed by atoms with Crippen LogP contribution in [-0.2, 0) is 0 Å². The number of rotatable bonds is 6. The van der Waals surface area contributed by atoms with Gasteiger partial charge in [0.2, 0.25) is 0 Å². The van der Waals surface area contributed by atoms with E-state index in [2.05, 4.69) is 43.3 Å². The molecule has 1 aliphatic rings. The van der Waals surface area contributed by atoms with Crippen molar-refractivity contribution in [2.75, 3.05) is 6.54 Å². The van der Waals surface area contributed by atoms with Crippen molar-refractivity contribution in [3.8, 4) is 0 Å². The second kappa shape index (κ2) is 6.41. The van der Waals surface area contributed by atoms with Gasteiger partial charge < -0.3 is 10.3 Å². The Morgan fingerprint density at radius 2 is 2.21 bits per heavy atom. The number of unbranched alkanes of at least 4 members (excludes halogenated alkanes) is 1. The standard InChI is InChI=1S/C16H23N3/c1-4-6-9-17-11-15-12(3)13(5-2)16(19-15)14-8-7-10-18-14/h7-8,10-11,17-18H,4-6,9H2,1-3H3/b15-11+. The van der Waals surface area contributed by atoms with Gasteiger partial charge in [-0.05, 0) is 43.0 Å². The summed E-state index contributed by atoms with van der Waals surface area (Å²) in [6, 6.07) is 4.09. The zero-order valence-electron chi connectivity index (χ0n) is 12.1. The Bertz CT molecular complexity index is 504. The molecule has 19 heavy (non-hydrogen) atoms. The summed E-state index contributed by atoms with van der Waals surface area (Å²) in [4.78, 5) is 8.02. The van der Waals surface area contributed by atoms with Crippen molar-refractivity contribution in [2.24, 2.45) is 4.99 Å². The van der Waals surface area contributed by atoms with Crippen molar-refractivity contribution in [3.05, 3.63) is 47.1 Å². The van der Waals surface area contributed by atoms with E-state index in [4.69, 9.17) is 4.99 Å². The summed E-state index contributed by atoms with van der Waals surface area (Å²) in [6.07, 6.45) is 7.41. The number of aromatic nitrogens is 1. The molecule has 3 nitrogen and oxygen atoms in total. The van der Waals surface area contributed by atoms with Crippen LogP contribution in [0.25, 0.3) is 0 Å². The number of hydrogen-bond donors (Lipinski definition) is 2. The zero-order valence-corrected chi connectivity index (χ0v) is 12.1. The van der Waals surface area contributed by atoms with Crippen molar-refractivity contribution in [1.82, 2.24) is 10.3 Å². The fourth-order valence-corrected chi connectivity index (χ4v) is 2.33. The maximum atomic E-state index is 4.77. The Labute approximate surface area is 115 Å². The molecule has 1 aliphatic heterocycles. The molecule has 0 bridgehead atoms. The minimum absolute atomic E-state index is 1.01. The van der Waals surface area contributed by atoms with Gasteiger partial charge in [0, 0.05) is 18.9 Å². The molecule has 0 atom stereocenters. The monoisotopic (exact) mass is 257 g/mol. The molecule has 0 aliphatic carbocycles. The van der Waals surface area contributed by atoms with Crippen LogP contribution in [0.4, 0.5) is 0 Å². The fraction of sp³-hybridized carbons (Fsp3) is 0.438. The molecule has 0 saturated heterocycles. The lowest BCUT2D eigenvalue weighted by molar-refractivity contribution is 0.732. The van der Waals surface area contributed by atoms with E-state index in [1.54, 1.807) is 0 Å². The Kier molecular flexibility index (Phi) is 4.61. The van der Waals surface area contributed by atoms with Crippen LogP contribution in [0, 0.1) is 0 Å². The van der Waals surface area contributed by atoms with Crippen molar-refractivity contribution < 1.29 is 0 Å². The predicted octanol–water partition coefficient (Wildman–Crippen LogP) is 3.78. The lowest BCUT2D eigenvalue weighted by Crippen LogP contribution is -2.07. The first-order chi connectivity index (χ1) is 9.27. The van der Waals surface area contributed by atoms with Crippen LogP contribution in [0.5, 0.6) is 0 Å². The topological polar surface area (TPSA) is 40.2 Å². The van der Waals surface area contributed by atoms with Crippen LogP contribution >= 0.6 is 0 Å². The van der Waals surface area contributed by atoms with Crippen LogP contribution < -0.4 is 5.32 Å². The van der Waals surface area contributed by atoms with E-state index in [1.807, 2.05) is 12.3 Å². The molecule has 1 aromatic rings. The van der Waals surface area contributed by atoms with Gasteiger partial charge in [0.15, 0.2) is 0 Å². The number of allylic oxidation sites excluding steroid dienone is 2. The van der Waals surface area contributed by atoms with Gasteiger partial charge in [-0.1, -0.05) is 20.3 Å². The first kappa shape index (κ1) is 13.7.